The van der Waals surface area contributed by atoms with Crippen molar-refractivity contribution in [2.75, 3.05) is 13.1 Å². The maximum Gasteiger partial charge on any atom is 0.245 e. The SMILES string of the molecule is O=S(=O)(c1cc(Br)sc1Br)N1CCCCC1C1CCCN1. The number of rotatable bonds is 3. The lowest BCUT2D eigenvalue weighted by atomic mass is 9.97. The zero-order chi connectivity index (χ0) is 15.0. The molecule has 118 valence electrons. The van der Waals surface area contributed by atoms with E-state index in [0.29, 0.717) is 21.3 Å². The molecule has 0 aromatic carbocycles. The molecule has 0 radical (unpaired) electrons. The Hall–Kier alpha value is 0.530. The first-order valence-corrected chi connectivity index (χ1v) is 11.0. The molecule has 2 atom stereocenters. The number of nitrogens with zero attached hydrogens (tertiary/aromatic N) is 1. The number of thiophene rings is 1. The molecular formula is C13H18Br2N2O2S2. The molecule has 4 nitrogen and oxygen atoms in total. The maximum absolute atomic E-state index is 13.0. The van der Waals surface area contributed by atoms with Crippen LogP contribution in [-0.2, 0) is 10.0 Å². The molecular weight excluding hydrogens is 440 g/mol. The normalized spacial score (nSPS) is 28.1. The molecule has 2 saturated heterocycles. The molecule has 0 saturated carbocycles. The Morgan fingerprint density at radius 2 is 2.05 bits per heavy atom. The van der Waals surface area contributed by atoms with Gasteiger partial charge in [-0.1, -0.05) is 6.42 Å². The summed E-state index contributed by atoms with van der Waals surface area (Å²) in [4.78, 5) is 0.393. The van der Waals surface area contributed by atoms with Crippen molar-refractivity contribution >= 4 is 53.2 Å². The summed E-state index contributed by atoms with van der Waals surface area (Å²) < 4.78 is 29.3. The van der Waals surface area contributed by atoms with Gasteiger partial charge in [-0.05, 0) is 70.2 Å². The minimum atomic E-state index is -3.43. The summed E-state index contributed by atoms with van der Waals surface area (Å²) in [5.74, 6) is 0. The average Bonchev–Trinajstić information content (AvgIpc) is 3.08. The summed E-state index contributed by atoms with van der Waals surface area (Å²) in [5.41, 5.74) is 0. The van der Waals surface area contributed by atoms with Crippen LogP contribution in [0.25, 0.3) is 0 Å². The number of hydrogen-bond acceptors (Lipinski definition) is 4. The number of piperidine rings is 1. The smallest absolute Gasteiger partial charge is 0.245 e. The topological polar surface area (TPSA) is 49.4 Å². The molecule has 1 N–H and O–H groups in total. The van der Waals surface area contributed by atoms with Crippen LogP contribution in [0.15, 0.2) is 18.5 Å². The van der Waals surface area contributed by atoms with Crippen molar-refractivity contribution in [3.05, 3.63) is 13.6 Å². The molecule has 3 rings (SSSR count). The van der Waals surface area contributed by atoms with Crippen molar-refractivity contribution < 1.29 is 8.42 Å². The first kappa shape index (κ1) is 16.4. The monoisotopic (exact) mass is 456 g/mol. The third-order valence-corrected chi connectivity index (χ3v) is 8.95. The van der Waals surface area contributed by atoms with Gasteiger partial charge in [0.2, 0.25) is 10.0 Å². The fourth-order valence-electron chi connectivity index (χ4n) is 3.30. The minimum Gasteiger partial charge on any atom is -0.312 e. The van der Waals surface area contributed by atoms with Crippen LogP contribution in [0, 0.1) is 0 Å². The Balaban J connectivity index is 1.93. The van der Waals surface area contributed by atoms with Gasteiger partial charge in [-0.3, -0.25) is 0 Å². The van der Waals surface area contributed by atoms with Gasteiger partial charge >= 0.3 is 0 Å². The Morgan fingerprint density at radius 1 is 1.24 bits per heavy atom. The Morgan fingerprint density at radius 3 is 2.67 bits per heavy atom. The molecule has 1 aromatic heterocycles. The van der Waals surface area contributed by atoms with E-state index < -0.39 is 10.0 Å². The molecule has 2 fully saturated rings. The first-order valence-electron chi connectivity index (χ1n) is 7.20. The van der Waals surface area contributed by atoms with Crippen LogP contribution in [0.1, 0.15) is 32.1 Å². The summed E-state index contributed by atoms with van der Waals surface area (Å²) >= 11 is 8.17. The number of hydrogen-bond donors (Lipinski definition) is 1. The van der Waals surface area contributed by atoms with Crippen molar-refractivity contribution in [3.63, 3.8) is 0 Å². The fraction of sp³-hybridized carbons (Fsp3) is 0.692. The van der Waals surface area contributed by atoms with Crippen molar-refractivity contribution in [3.8, 4) is 0 Å². The van der Waals surface area contributed by atoms with Crippen LogP contribution in [0.2, 0.25) is 0 Å². The summed E-state index contributed by atoms with van der Waals surface area (Å²) in [5, 5.41) is 3.48. The van der Waals surface area contributed by atoms with Gasteiger partial charge in [-0.25, -0.2) is 8.42 Å². The third kappa shape index (κ3) is 3.26. The standard InChI is InChI=1S/C13H18Br2N2O2S2/c14-12-8-11(13(15)20-12)21(18,19)17-7-2-1-5-10(17)9-4-3-6-16-9/h8-10,16H,1-7H2. The molecule has 0 bridgehead atoms. The summed E-state index contributed by atoms with van der Waals surface area (Å²) in [7, 11) is -3.43. The molecule has 3 heterocycles. The van der Waals surface area contributed by atoms with Crippen molar-refractivity contribution in [1.29, 1.82) is 0 Å². The molecule has 1 aromatic rings. The van der Waals surface area contributed by atoms with E-state index in [0.717, 1.165) is 42.4 Å². The maximum atomic E-state index is 13.0. The van der Waals surface area contributed by atoms with Crippen molar-refractivity contribution in [2.45, 2.75) is 49.1 Å². The molecule has 21 heavy (non-hydrogen) atoms. The summed E-state index contributed by atoms with van der Waals surface area (Å²) in [6.45, 7) is 1.63. The van der Waals surface area contributed by atoms with E-state index in [1.54, 1.807) is 10.4 Å². The van der Waals surface area contributed by atoms with Crippen LogP contribution < -0.4 is 5.32 Å². The highest BCUT2D eigenvalue weighted by molar-refractivity contribution is 9.12. The van der Waals surface area contributed by atoms with Gasteiger partial charge in [0.1, 0.15) is 4.90 Å². The first-order chi connectivity index (χ1) is 10.00. The van der Waals surface area contributed by atoms with E-state index in [-0.39, 0.29) is 6.04 Å². The van der Waals surface area contributed by atoms with E-state index in [9.17, 15) is 8.42 Å². The van der Waals surface area contributed by atoms with Gasteiger partial charge in [0.05, 0.1) is 7.57 Å². The van der Waals surface area contributed by atoms with Gasteiger partial charge in [0.25, 0.3) is 0 Å². The van der Waals surface area contributed by atoms with Gasteiger partial charge in [0.15, 0.2) is 0 Å². The predicted molar refractivity (Wildman–Crippen MR) is 92.3 cm³/mol. The van der Waals surface area contributed by atoms with Crippen LogP contribution in [0.4, 0.5) is 0 Å². The second-order valence-corrected chi connectivity index (χ2v) is 11.2. The van der Waals surface area contributed by atoms with E-state index in [1.165, 1.54) is 11.3 Å². The van der Waals surface area contributed by atoms with E-state index in [2.05, 4.69) is 37.2 Å². The second kappa shape index (κ2) is 6.57. The largest absolute Gasteiger partial charge is 0.312 e. The van der Waals surface area contributed by atoms with Crippen LogP contribution in [0.3, 0.4) is 0 Å². The molecule has 2 aliphatic rings. The molecule has 2 aliphatic heterocycles. The van der Waals surface area contributed by atoms with E-state index in [4.69, 9.17) is 0 Å². The Bertz CT molecular complexity index is 612. The van der Waals surface area contributed by atoms with Gasteiger partial charge in [-0.2, -0.15) is 4.31 Å². The summed E-state index contributed by atoms with van der Waals surface area (Å²) in [6, 6.07) is 2.11. The highest BCUT2D eigenvalue weighted by Crippen LogP contribution is 2.38. The molecule has 2 unspecified atom stereocenters. The highest BCUT2D eigenvalue weighted by atomic mass is 79.9. The van der Waals surface area contributed by atoms with Gasteiger partial charge < -0.3 is 5.32 Å². The van der Waals surface area contributed by atoms with E-state index >= 15 is 0 Å². The van der Waals surface area contributed by atoms with Crippen LogP contribution >= 0.6 is 43.2 Å². The van der Waals surface area contributed by atoms with Crippen molar-refractivity contribution in [1.82, 2.24) is 9.62 Å². The minimum absolute atomic E-state index is 0.0943. The quantitative estimate of drug-likeness (QED) is 0.754. The second-order valence-electron chi connectivity index (χ2n) is 5.57. The molecule has 0 spiro atoms. The molecule has 0 amide bonds. The van der Waals surface area contributed by atoms with Gasteiger partial charge in [0, 0.05) is 18.6 Å². The Labute approximate surface area is 146 Å². The third-order valence-electron chi connectivity index (χ3n) is 4.27. The average molecular weight is 458 g/mol. The van der Waals surface area contributed by atoms with Gasteiger partial charge in [-0.15, -0.1) is 11.3 Å². The lowest BCUT2D eigenvalue weighted by molar-refractivity contribution is 0.211. The lowest BCUT2D eigenvalue weighted by Gasteiger charge is -2.38. The zero-order valence-electron chi connectivity index (χ0n) is 11.5. The highest BCUT2D eigenvalue weighted by Gasteiger charge is 2.39. The Kier molecular flexibility index (Phi) is 5.13. The summed E-state index contributed by atoms with van der Waals surface area (Å²) in [6.07, 6.45) is 5.24. The number of halogens is 2. The number of nitrogens with one attached hydrogen (secondary N) is 1. The lowest BCUT2D eigenvalue weighted by Crippen LogP contribution is -2.52. The van der Waals surface area contributed by atoms with Crippen LogP contribution in [-0.4, -0.2) is 37.9 Å². The van der Waals surface area contributed by atoms with Crippen LogP contribution in [0.5, 0.6) is 0 Å². The predicted octanol–water partition coefficient (Wildman–Crippen LogP) is 3.57. The van der Waals surface area contributed by atoms with E-state index in [1.807, 2.05) is 0 Å². The molecule has 8 heteroatoms. The molecule has 0 aliphatic carbocycles. The van der Waals surface area contributed by atoms with Crippen molar-refractivity contribution in [2.24, 2.45) is 0 Å². The zero-order valence-corrected chi connectivity index (χ0v) is 16.3. The fourth-order valence-corrected chi connectivity index (χ4v) is 8.79. The number of sulfonamides is 1.